The maximum Gasteiger partial charge on any atom is 0.341 e. The third-order valence-corrected chi connectivity index (χ3v) is 4.66. The van der Waals surface area contributed by atoms with Crippen molar-refractivity contribution in [2.45, 2.75) is 53.6 Å². The summed E-state index contributed by atoms with van der Waals surface area (Å²) in [6.07, 6.45) is 0.849. The molecule has 0 saturated carbocycles. The first-order valence-corrected chi connectivity index (χ1v) is 9.48. The van der Waals surface area contributed by atoms with E-state index < -0.39 is 5.97 Å². The molecule has 0 amide bonds. The maximum absolute atomic E-state index is 11.7. The van der Waals surface area contributed by atoms with Crippen molar-refractivity contribution in [1.82, 2.24) is 20.4 Å². The highest BCUT2D eigenvalue weighted by Crippen LogP contribution is 2.17. The van der Waals surface area contributed by atoms with E-state index >= 15 is 0 Å². The molecule has 0 fully saturated rings. The van der Waals surface area contributed by atoms with Crippen LogP contribution in [0.1, 0.15) is 52.7 Å². The standard InChI is InChI=1S/C20H31N5O3/c1-8-21-20(22-11-16-10-18(15(5)28-16)19(26)27-7)23-12(2)9-17-13(3)24-25(6)14(17)4/h10,12H,8-9,11H2,1-7H3,(H2,21,22,23). The summed E-state index contributed by atoms with van der Waals surface area (Å²) in [6, 6.07) is 1.85. The number of carbonyl (C=O) groups excluding carboxylic acids is 1. The predicted molar refractivity (Wildman–Crippen MR) is 109 cm³/mol. The van der Waals surface area contributed by atoms with Crippen molar-refractivity contribution in [1.29, 1.82) is 0 Å². The summed E-state index contributed by atoms with van der Waals surface area (Å²) in [6.45, 7) is 11.1. The van der Waals surface area contributed by atoms with E-state index in [0.717, 1.165) is 18.7 Å². The number of guanidine groups is 1. The predicted octanol–water partition coefficient (Wildman–Crippen LogP) is 2.41. The molecule has 0 saturated heterocycles. The summed E-state index contributed by atoms with van der Waals surface area (Å²) in [7, 11) is 3.32. The Kier molecular flexibility index (Phi) is 7.25. The Morgan fingerprint density at radius 1 is 1.39 bits per heavy atom. The molecule has 1 unspecified atom stereocenters. The summed E-state index contributed by atoms with van der Waals surface area (Å²) in [4.78, 5) is 16.3. The number of furan rings is 1. The lowest BCUT2D eigenvalue weighted by Gasteiger charge is -2.18. The van der Waals surface area contributed by atoms with E-state index in [2.05, 4.69) is 34.6 Å². The Hall–Kier alpha value is -2.77. The number of aliphatic imine (C=N–C) groups is 1. The average Bonchev–Trinajstić information content (AvgIpc) is 3.13. The van der Waals surface area contributed by atoms with Crippen LogP contribution in [0.25, 0.3) is 0 Å². The van der Waals surface area contributed by atoms with Crippen molar-refractivity contribution < 1.29 is 13.9 Å². The zero-order chi connectivity index (χ0) is 20.8. The van der Waals surface area contributed by atoms with Gasteiger partial charge in [0.15, 0.2) is 5.96 Å². The third-order valence-electron chi connectivity index (χ3n) is 4.66. The van der Waals surface area contributed by atoms with Gasteiger partial charge in [0, 0.05) is 25.3 Å². The smallest absolute Gasteiger partial charge is 0.341 e. The highest BCUT2D eigenvalue weighted by atomic mass is 16.5. The van der Waals surface area contributed by atoms with E-state index in [1.54, 1.807) is 13.0 Å². The van der Waals surface area contributed by atoms with Gasteiger partial charge in [-0.1, -0.05) is 0 Å². The monoisotopic (exact) mass is 389 g/mol. The molecule has 0 aliphatic heterocycles. The molecule has 154 valence electrons. The Bertz CT molecular complexity index is 850. The van der Waals surface area contributed by atoms with E-state index in [0.29, 0.717) is 29.6 Å². The average molecular weight is 390 g/mol. The summed E-state index contributed by atoms with van der Waals surface area (Å²) in [5, 5.41) is 11.1. The van der Waals surface area contributed by atoms with Crippen LogP contribution >= 0.6 is 0 Å². The molecule has 1 atom stereocenters. The molecule has 0 spiro atoms. The maximum atomic E-state index is 11.7. The Labute approximate surface area is 166 Å². The van der Waals surface area contributed by atoms with Gasteiger partial charge in [-0.2, -0.15) is 5.10 Å². The second kappa shape index (κ2) is 9.43. The first kappa shape index (κ1) is 21.5. The fraction of sp³-hybridized carbons (Fsp3) is 0.550. The van der Waals surface area contributed by atoms with Crippen molar-refractivity contribution in [3.05, 3.63) is 40.1 Å². The number of aryl methyl sites for hydroxylation is 3. The number of nitrogens with zero attached hydrogens (tertiary/aromatic N) is 3. The number of ether oxygens (including phenoxy) is 1. The highest BCUT2D eigenvalue weighted by molar-refractivity contribution is 5.90. The van der Waals surface area contributed by atoms with E-state index in [-0.39, 0.29) is 6.04 Å². The second-order valence-electron chi connectivity index (χ2n) is 6.89. The van der Waals surface area contributed by atoms with Crippen molar-refractivity contribution in [2.24, 2.45) is 12.0 Å². The molecule has 2 N–H and O–H groups in total. The minimum absolute atomic E-state index is 0.170. The van der Waals surface area contributed by atoms with Crippen molar-refractivity contribution in [2.75, 3.05) is 13.7 Å². The van der Waals surface area contributed by atoms with Gasteiger partial charge in [0.05, 0.1) is 12.8 Å². The summed E-state index contributed by atoms with van der Waals surface area (Å²) in [5.41, 5.74) is 3.91. The molecule has 2 rings (SSSR count). The molecular weight excluding hydrogens is 358 g/mol. The normalized spacial score (nSPS) is 12.8. The molecule has 0 aliphatic rings. The Morgan fingerprint density at radius 2 is 2.11 bits per heavy atom. The minimum atomic E-state index is -0.405. The van der Waals surface area contributed by atoms with Crippen molar-refractivity contribution in [3.63, 3.8) is 0 Å². The number of esters is 1. The first-order valence-electron chi connectivity index (χ1n) is 9.48. The number of methoxy groups -OCH3 is 1. The van der Waals surface area contributed by atoms with Gasteiger partial charge in [0.25, 0.3) is 0 Å². The lowest BCUT2D eigenvalue weighted by molar-refractivity contribution is 0.0599. The molecular formula is C20H31N5O3. The SMILES string of the molecule is CCNC(=NCc1cc(C(=O)OC)c(C)o1)NC(C)Cc1c(C)nn(C)c1C. The van der Waals surface area contributed by atoms with Crippen LogP contribution in [0.2, 0.25) is 0 Å². The molecule has 2 heterocycles. The van der Waals surface area contributed by atoms with Gasteiger partial charge in [-0.25, -0.2) is 9.79 Å². The Morgan fingerprint density at radius 3 is 2.68 bits per heavy atom. The zero-order valence-corrected chi connectivity index (χ0v) is 17.8. The van der Waals surface area contributed by atoms with Crippen LogP contribution in [0, 0.1) is 20.8 Å². The minimum Gasteiger partial charge on any atom is -0.465 e. The number of aromatic nitrogens is 2. The number of nitrogens with one attached hydrogen (secondary N) is 2. The molecule has 8 heteroatoms. The molecule has 8 nitrogen and oxygen atoms in total. The van der Waals surface area contributed by atoms with Crippen LogP contribution < -0.4 is 10.6 Å². The van der Waals surface area contributed by atoms with Crippen LogP contribution in [0.5, 0.6) is 0 Å². The topological polar surface area (TPSA) is 93.7 Å². The van der Waals surface area contributed by atoms with Gasteiger partial charge in [-0.05, 0) is 52.7 Å². The molecule has 0 bridgehead atoms. The fourth-order valence-corrected chi connectivity index (χ4v) is 3.11. The van der Waals surface area contributed by atoms with Gasteiger partial charge in [-0.15, -0.1) is 0 Å². The van der Waals surface area contributed by atoms with Crippen LogP contribution in [-0.4, -0.2) is 41.4 Å². The van der Waals surface area contributed by atoms with Gasteiger partial charge < -0.3 is 19.8 Å². The number of hydrogen-bond donors (Lipinski definition) is 2. The molecule has 28 heavy (non-hydrogen) atoms. The van der Waals surface area contributed by atoms with Gasteiger partial charge in [0.2, 0.25) is 0 Å². The number of hydrogen-bond acceptors (Lipinski definition) is 5. The highest BCUT2D eigenvalue weighted by Gasteiger charge is 2.16. The Balaban J connectivity index is 2.06. The molecule has 2 aromatic heterocycles. The first-order chi connectivity index (χ1) is 13.3. The lowest BCUT2D eigenvalue weighted by Crippen LogP contribution is -2.43. The van der Waals surface area contributed by atoms with E-state index in [1.165, 1.54) is 18.4 Å². The third kappa shape index (κ3) is 5.15. The molecule has 0 radical (unpaired) electrons. The van der Waals surface area contributed by atoms with Gasteiger partial charge >= 0.3 is 5.97 Å². The van der Waals surface area contributed by atoms with Gasteiger partial charge in [0.1, 0.15) is 23.6 Å². The van der Waals surface area contributed by atoms with Crippen LogP contribution in [0.3, 0.4) is 0 Å². The van der Waals surface area contributed by atoms with Crippen LogP contribution in [0.4, 0.5) is 0 Å². The summed E-state index contributed by atoms with van der Waals surface area (Å²) >= 11 is 0. The molecule has 0 aromatic carbocycles. The van der Waals surface area contributed by atoms with Crippen LogP contribution in [-0.2, 0) is 24.8 Å². The zero-order valence-electron chi connectivity index (χ0n) is 17.8. The summed E-state index contributed by atoms with van der Waals surface area (Å²) < 4.78 is 12.3. The van der Waals surface area contributed by atoms with Crippen LogP contribution in [0.15, 0.2) is 15.5 Å². The number of carbonyl (C=O) groups is 1. The summed E-state index contributed by atoms with van der Waals surface area (Å²) in [5.74, 6) is 1.44. The van der Waals surface area contributed by atoms with Gasteiger partial charge in [-0.3, -0.25) is 4.68 Å². The lowest BCUT2D eigenvalue weighted by atomic mass is 10.1. The fourth-order valence-electron chi connectivity index (χ4n) is 3.11. The number of rotatable bonds is 7. The largest absolute Gasteiger partial charge is 0.465 e. The molecule has 2 aromatic rings. The second-order valence-corrected chi connectivity index (χ2v) is 6.89. The van der Waals surface area contributed by atoms with E-state index in [1.807, 2.05) is 25.6 Å². The van der Waals surface area contributed by atoms with Crippen molar-refractivity contribution >= 4 is 11.9 Å². The van der Waals surface area contributed by atoms with E-state index in [9.17, 15) is 4.79 Å². The van der Waals surface area contributed by atoms with E-state index in [4.69, 9.17) is 9.15 Å². The van der Waals surface area contributed by atoms with Crippen molar-refractivity contribution in [3.8, 4) is 0 Å². The molecule has 0 aliphatic carbocycles. The quantitative estimate of drug-likeness (QED) is 0.429.